The first kappa shape index (κ1) is 25.2. The predicted molar refractivity (Wildman–Crippen MR) is 53.8 cm³/mol. The largest absolute Gasteiger partial charge is 0.489 e. The molecule has 0 N–H and O–H groups in total. The minimum atomic E-state index is -7.50. The van der Waals surface area contributed by atoms with Gasteiger partial charge < -0.3 is 4.74 Å². The van der Waals surface area contributed by atoms with Crippen molar-refractivity contribution in [1.82, 2.24) is 4.90 Å². The van der Waals surface area contributed by atoms with Crippen molar-refractivity contribution in [3.05, 3.63) is 11.7 Å². The van der Waals surface area contributed by atoms with Gasteiger partial charge in [-0.15, -0.1) is 0 Å². The summed E-state index contributed by atoms with van der Waals surface area (Å²) in [6.45, 7) is 0. The molecule has 0 amide bonds. The van der Waals surface area contributed by atoms with E-state index < -0.39 is 58.9 Å². The minimum absolute atomic E-state index is 0.280. The van der Waals surface area contributed by atoms with Crippen molar-refractivity contribution in [1.29, 1.82) is 0 Å². The van der Waals surface area contributed by atoms with Gasteiger partial charge in [-0.1, -0.05) is 0 Å². The van der Waals surface area contributed by atoms with E-state index in [-0.39, 0.29) is 7.11 Å². The second kappa shape index (κ2) is 6.34. The van der Waals surface area contributed by atoms with Gasteiger partial charge in [0, 0.05) is 0 Å². The number of alkyl halides is 15. The van der Waals surface area contributed by atoms with Crippen molar-refractivity contribution in [3.8, 4) is 0 Å². The maximum atomic E-state index is 13.8. The zero-order valence-corrected chi connectivity index (χ0v) is 12.8. The van der Waals surface area contributed by atoms with E-state index in [1.807, 2.05) is 0 Å². The second-order valence-electron chi connectivity index (χ2n) is 5.03. The molecule has 2 unspecified atom stereocenters. The van der Waals surface area contributed by atoms with Gasteiger partial charge in [-0.05, 0) is 0 Å². The number of rotatable bonds is 2. The molecule has 0 bridgehead atoms. The Morgan fingerprint density at radius 3 is 1.24 bits per heavy atom. The van der Waals surface area contributed by atoms with Crippen LogP contribution in [0.15, 0.2) is 11.7 Å². The first-order chi connectivity index (χ1) is 12.4. The monoisotopic (exact) mass is 473 g/mol. The Bertz CT molecular complexity index is 639. The van der Waals surface area contributed by atoms with Crippen molar-refractivity contribution in [3.63, 3.8) is 0 Å². The van der Waals surface area contributed by atoms with Gasteiger partial charge in [0.15, 0.2) is 0 Å². The van der Waals surface area contributed by atoms with Gasteiger partial charge in [0.05, 0.1) is 7.11 Å². The average molecular weight is 473 g/mol. The highest BCUT2D eigenvalue weighted by Gasteiger charge is 2.93. The molecule has 29 heavy (non-hydrogen) atoms. The van der Waals surface area contributed by atoms with E-state index in [9.17, 15) is 70.2 Å². The smallest absolute Gasteiger partial charge is 0.457 e. The molecule has 1 aliphatic heterocycles. The van der Waals surface area contributed by atoms with Crippen molar-refractivity contribution >= 4 is 0 Å². The highest BCUT2D eigenvalue weighted by molar-refractivity contribution is 5.17. The maximum Gasteiger partial charge on any atom is 0.457 e. The zero-order chi connectivity index (χ0) is 23.6. The number of hydrogen-bond acceptors (Lipinski definition) is 3. The summed E-state index contributed by atoms with van der Waals surface area (Å²) in [5, 5.41) is 0. The SMILES string of the molecule is COC(=C(F)N1C(F)(F)C(F)(C(F)(F)F)OC(F)(C(F)(F)F)C1(F)F)C(F)(F)F. The van der Waals surface area contributed by atoms with Crippen LogP contribution in [0, 0.1) is 0 Å². The van der Waals surface area contributed by atoms with Crippen LogP contribution in [0.5, 0.6) is 0 Å². The highest BCUT2D eigenvalue weighted by Crippen LogP contribution is 2.64. The number of morpholine rings is 1. The molecular formula is C10H3F16NO2. The normalized spacial score (nSPS) is 31.4. The average Bonchev–Trinajstić information content (AvgIpc) is 2.41. The highest BCUT2D eigenvalue weighted by atomic mass is 19.4. The number of hydrogen-bond donors (Lipinski definition) is 0. The summed E-state index contributed by atoms with van der Waals surface area (Å²) in [6.07, 6.45) is -21.4. The molecular weight excluding hydrogens is 470 g/mol. The summed E-state index contributed by atoms with van der Waals surface area (Å²) in [6, 6.07) is -14.8. The Kier molecular flexibility index (Phi) is 5.51. The molecule has 172 valence electrons. The van der Waals surface area contributed by atoms with E-state index >= 15 is 0 Å². The molecule has 1 fully saturated rings. The lowest BCUT2D eigenvalue weighted by Gasteiger charge is -2.53. The summed E-state index contributed by atoms with van der Waals surface area (Å²) >= 11 is 0. The topological polar surface area (TPSA) is 21.7 Å². The van der Waals surface area contributed by atoms with Crippen LogP contribution in [-0.4, -0.2) is 54.3 Å². The lowest BCUT2D eigenvalue weighted by Crippen LogP contribution is -2.81. The Labute approximate surface area is 147 Å². The van der Waals surface area contributed by atoms with Crippen molar-refractivity contribution in [2.45, 2.75) is 42.3 Å². The molecule has 0 aromatic carbocycles. The third-order valence-electron chi connectivity index (χ3n) is 3.19. The number of halogens is 16. The number of methoxy groups -OCH3 is 1. The van der Waals surface area contributed by atoms with Gasteiger partial charge in [0.2, 0.25) is 5.95 Å². The van der Waals surface area contributed by atoms with Crippen molar-refractivity contribution in [2.75, 3.05) is 7.11 Å². The second-order valence-corrected chi connectivity index (χ2v) is 5.03. The molecule has 1 saturated heterocycles. The number of allylic oxidation sites excluding steroid dienone is 1. The molecule has 0 radical (unpaired) electrons. The molecule has 3 nitrogen and oxygen atoms in total. The molecule has 1 aliphatic rings. The number of nitrogens with zero attached hydrogens (tertiary/aromatic N) is 1. The predicted octanol–water partition coefficient (Wildman–Crippen LogP) is 5.31. The Morgan fingerprint density at radius 1 is 0.724 bits per heavy atom. The zero-order valence-electron chi connectivity index (χ0n) is 12.8. The van der Waals surface area contributed by atoms with E-state index in [0.29, 0.717) is 0 Å². The molecule has 0 aromatic heterocycles. The van der Waals surface area contributed by atoms with Gasteiger partial charge in [-0.25, -0.2) is 4.90 Å². The number of ether oxygens (including phenoxy) is 2. The lowest BCUT2D eigenvalue weighted by molar-refractivity contribution is -0.574. The summed E-state index contributed by atoms with van der Waals surface area (Å²) in [5.74, 6) is -22.9. The Balaban J connectivity index is 4.09. The third-order valence-corrected chi connectivity index (χ3v) is 3.19. The van der Waals surface area contributed by atoms with Gasteiger partial charge in [0.25, 0.3) is 5.76 Å². The van der Waals surface area contributed by atoms with Crippen LogP contribution < -0.4 is 0 Å². The van der Waals surface area contributed by atoms with Gasteiger partial charge in [-0.2, -0.15) is 70.2 Å². The van der Waals surface area contributed by atoms with E-state index in [0.717, 1.165) is 0 Å². The quantitative estimate of drug-likeness (QED) is 0.309. The van der Waals surface area contributed by atoms with Gasteiger partial charge >= 0.3 is 42.3 Å². The van der Waals surface area contributed by atoms with Gasteiger partial charge in [0.1, 0.15) is 0 Å². The van der Waals surface area contributed by atoms with E-state index in [2.05, 4.69) is 4.74 Å². The van der Waals surface area contributed by atoms with Crippen LogP contribution in [0.3, 0.4) is 0 Å². The molecule has 0 aliphatic carbocycles. The van der Waals surface area contributed by atoms with Crippen molar-refractivity contribution in [2.24, 2.45) is 0 Å². The van der Waals surface area contributed by atoms with E-state index in [1.165, 1.54) is 0 Å². The van der Waals surface area contributed by atoms with Crippen LogP contribution in [0.4, 0.5) is 70.2 Å². The van der Waals surface area contributed by atoms with E-state index in [4.69, 9.17) is 0 Å². The van der Waals surface area contributed by atoms with Crippen LogP contribution in [0.2, 0.25) is 0 Å². The first-order valence-electron chi connectivity index (χ1n) is 6.22. The van der Waals surface area contributed by atoms with Crippen molar-refractivity contribution < 1.29 is 79.7 Å². The molecule has 1 heterocycles. The molecule has 0 saturated carbocycles. The molecule has 0 aromatic rings. The fraction of sp³-hybridized carbons (Fsp3) is 0.800. The molecule has 1 rings (SSSR count). The van der Waals surface area contributed by atoms with Gasteiger partial charge in [-0.3, -0.25) is 4.74 Å². The summed E-state index contributed by atoms with van der Waals surface area (Å²) in [5.41, 5.74) is 0. The minimum Gasteiger partial charge on any atom is -0.489 e. The summed E-state index contributed by atoms with van der Waals surface area (Å²) in [4.78, 5) is -3.63. The summed E-state index contributed by atoms with van der Waals surface area (Å²) < 4.78 is 214. The fourth-order valence-corrected chi connectivity index (χ4v) is 1.90. The maximum absolute atomic E-state index is 13.8. The van der Waals surface area contributed by atoms with Crippen LogP contribution in [0.1, 0.15) is 0 Å². The Morgan fingerprint density at radius 2 is 1.03 bits per heavy atom. The Hall–Kier alpha value is -1.82. The lowest BCUT2D eigenvalue weighted by atomic mass is 10.1. The molecule has 0 spiro atoms. The molecule has 19 heteroatoms. The van der Waals surface area contributed by atoms with E-state index in [1.54, 1.807) is 4.74 Å². The standard InChI is InChI=1S/C10H3F16NO2/c1-28-2(4(12,13)14)3(11)27-9(23,24)5(15,7(17,18)19)29-6(16,8(20,21)22)10(27,25)26/h1H3. The molecule has 2 atom stereocenters. The third kappa shape index (κ3) is 3.29. The van der Waals surface area contributed by atoms with Crippen LogP contribution in [0.25, 0.3) is 0 Å². The fourth-order valence-electron chi connectivity index (χ4n) is 1.90. The first-order valence-corrected chi connectivity index (χ1v) is 6.22. The summed E-state index contributed by atoms with van der Waals surface area (Å²) in [7, 11) is -0.280. The van der Waals surface area contributed by atoms with Crippen LogP contribution in [-0.2, 0) is 9.47 Å². The van der Waals surface area contributed by atoms with Crippen LogP contribution >= 0.6 is 0 Å².